The van der Waals surface area contributed by atoms with E-state index in [2.05, 4.69) is 0 Å². The summed E-state index contributed by atoms with van der Waals surface area (Å²) in [6, 6.07) is 6.32. The molecule has 0 unspecified atom stereocenters. The lowest BCUT2D eigenvalue weighted by atomic mass is 10.2. The zero-order valence-corrected chi connectivity index (χ0v) is 6.95. The molecule has 0 saturated carbocycles. The third-order valence-corrected chi connectivity index (χ3v) is 1.59. The van der Waals surface area contributed by atoms with Crippen molar-refractivity contribution in [2.75, 3.05) is 4.53 Å². The molecule has 0 aliphatic rings. The molecule has 1 aromatic carbocycles. The Kier molecular flexibility index (Phi) is 2.52. The molecule has 4 nitrogen and oxygen atoms in total. The van der Waals surface area contributed by atoms with Crippen LogP contribution < -0.4 is 16.1 Å². The first kappa shape index (κ1) is 8.83. The number of halogens is 1. The summed E-state index contributed by atoms with van der Waals surface area (Å²) in [6.45, 7) is 0. The molecule has 1 amide bonds. The Labute approximate surface area is 74.8 Å². The van der Waals surface area contributed by atoms with Gasteiger partial charge in [0.05, 0.1) is 5.69 Å². The van der Waals surface area contributed by atoms with Crippen LogP contribution in [0.15, 0.2) is 24.3 Å². The highest BCUT2D eigenvalue weighted by molar-refractivity contribution is 6.24. The van der Waals surface area contributed by atoms with Crippen molar-refractivity contribution in [3.05, 3.63) is 29.8 Å². The highest BCUT2D eigenvalue weighted by Gasteiger charge is 2.00. The predicted octanol–water partition coefficient (Wildman–Crippen LogP) is 0.619. The number of rotatable bonds is 2. The van der Waals surface area contributed by atoms with E-state index in [0.717, 1.165) is 4.53 Å². The fourth-order valence-electron chi connectivity index (χ4n) is 0.768. The SMILES string of the molecule is NC(=O)c1ccc(N(N)Cl)cc1. The summed E-state index contributed by atoms with van der Waals surface area (Å²) in [5, 5.41) is 0. The number of benzene rings is 1. The lowest BCUT2D eigenvalue weighted by Crippen LogP contribution is -2.18. The predicted molar refractivity (Wildman–Crippen MR) is 47.5 cm³/mol. The van der Waals surface area contributed by atoms with Gasteiger partial charge in [-0.05, 0) is 24.3 Å². The average Bonchev–Trinajstić information content (AvgIpc) is 2.04. The van der Waals surface area contributed by atoms with Gasteiger partial charge in [0.2, 0.25) is 5.91 Å². The number of hydrazine groups is 1. The number of amides is 1. The van der Waals surface area contributed by atoms with E-state index in [1.54, 1.807) is 24.3 Å². The van der Waals surface area contributed by atoms with Gasteiger partial charge in [-0.2, -0.15) is 0 Å². The molecule has 0 spiro atoms. The average molecular weight is 186 g/mol. The van der Waals surface area contributed by atoms with Crippen molar-refractivity contribution in [2.45, 2.75) is 0 Å². The van der Waals surface area contributed by atoms with Crippen molar-refractivity contribution in [2.24, 2.45) is 11.6 Å². The van der Waals surface area contributed by atoms with Gasteiger partial charge >= 0.3 is 0 Å². The second-order valence-electron chi connectivity index (χ2n) is 2.22. The Balaban J connectivity index is 2.93. The molecule has 0 aliphatic heterocycles. The van der Waals surface area contributed by atoms with Gasteiger partial charge < -0.3 is 5.73 Å². The van der Waals surface area contributed by atoms with E-state index >= 15 is 0 Å². The Hall–Kier alpha value is -1.26. The van der Waals surface area contributed by atoms with Gasteiger partial charge in [0.25, 0.3) is 0 Å². The molecule has 12 heavy (non-hydrogen) atoms. The molecule has 0 fully saturated rings. The molecule has 0 aromatic heterocycles. The van der Waals surface area contributed by atoms with E-state index in [9.17, 15) is 4.79 Å². The summed E-state index contributed by atoms with van der Waals surface area (Å²) in [6.07, 6.45) is 0. The second-order valence-corrected chi connectivity index (χ2v) is 2.59. The summed E-state index contributed by atoms with van der Waals surface area (Å²) < 4.78 is 0.935. The van der Waals surface area contributed by atoms with E-state index in [0.29, 0.717) is 11.3 Å². The maximum absolute atomic E-state index is 10.6. The maximum Gasteiger partial charge on any atom is 0.248 e. The van der Waals surface area contributed by atoms with Crippen LogP contribution in [0.1, 0.15) is 10.4 Å². The molecule has 0 radical (unpaired) electrons. The van der Waals surface area contributed by atoms with Gasteiger partial charge in [-0.1, -0.05) is 0 Å². The van der Waals surface area contributed by atoms with Gasteiger partial charge in [-0.15, -0.1) is 0 Å². The normalized spacial score (nSPS) is 9.50. The van der Waals surface area contributed by atoms with Crippen LogP contribution in [0, 0.1) is 0 Å². The minimum atomic E-state index is -0.473. The van der Waals surface area contributed by atoms with E-state index < -0.39 is 5.91 Å². The van der Waals surface area contributed by atoms with Crippen LogP contribution >= 0.6 is 11.8 Å². The zero-order valence-electron chi connectivity index (χ0n) is 6.20. The number of anilines is 1. The van der Waals surface area contributed by atoms with Crippen LogP contribution in [0.2, 0.25) is 0 Å². The number of carbonyl (C=O) groups excluding carboxylic acids is 1. The van der Waals surface area contributed by atoms with E-state index in [1.165, 1.54) is 0 Å². The molecule has 0 atom stereocenters. The molecular formula is C7H8ClN3O. The number of nitrogens with zero attached hydrogens (tertiary/aromatic N) is 1. The van der Waals surface area contributed by atoms with Crippen molar-refractivity contribution in [1.29, 1.82) is 0 Å². The Morgan fingerprint density at radius 2 is 1.83 bits per heavy atom. The summed E-state index contributed by atoms with van der Waals surface area (Å²) in [7, 11) is 0. The largest absolute Gasteiger partial charge is 0.366 e. The van der Waals surface area contributed by atoms with Crippen LogP contribution in [-0.4, -0.2) is 5.91 Å². The number of nitrogens with two attached hydrogens (primary N) is 2. The standard InChI is InChI=1S/C7H8ClN3O/c8-11(10)6-3-1-5(2-4-6)7(9)12/h1-4H,10H2,(H2,9,12). The molecule has 1 rings (SSSR count). The quantitative estimate of drug-likeness (QED) is 0.403. The van der Waals surface area contributed by atoms with Crippen molar-refractivity contribution < 1.29 is 4.79 Å². The summed E-state index contributed by atoms with van der Waals surface area (Å²) in [5.74, 6) is 4.75. The van der Waals surface area contributed by atoms with E-state index in [-0.39, 0.29) is 0 Å². The molecule has 0 saturated heterocycles. The second kappa shape index (κ2) is 3.42. The lowest BCUT2D eigenvalue weighted by Gasteiger charge is -2.07. The van der Waals surface area contributed by atoms with E-state index in [4.69, 9.17) is 23.4 Å². The van der Waals surface area contributed by atoms with Gasteiger partial charge in [0, 0.05) is 17.3 Å². The minimum absolute atomic E-state index is 0.428. The van der Waals surface area contributed by atoms with Gasteiger partial charge in [-0.3, -0.25) is 4.79 Å². The van der Waals surface area contributed by atoms with Crippen LogP contribution in [0.4, 0.5) is 5.69 Å². The smallest absolute Gasteiger partial charge is 0.248 e. The zero-order chi connectivity index (χ0) is 9.14. The van der Waals surface area contributed by atoms with Crippen LogP contribution in [0.5, 0.6) is 0 Å². The Morgan fingerprint density at radius 3 is 2.17 bits per heavy atom. The number of carbonyl (C=O) groups is 1. The first-order valence-corrected chi connectivity index (χ1v) is 3.55. The van der Waals surface area contributed by atoms with Crippen molar-refractivity contribution >= 4 is 23.4 Å². The Bertz CT molecular complexity index is 283. The fraction of sp³-hybridized carbons (Fsp3) is 0. The maximum atomic E-state index is 10.6. The molecule has 0 bridgehead atoms. The highest BCUT2D eigenvalue weighted by atomic mass is 35.5. The molecule has 5 heteroatoms. The Morgan fingerprint density at radius 1 is 1.33 bits per heavy atom. The van der Waals surface area contributed by atoms with Crippen molar-refractivity contribution in [1.82, 2.24) is 0 Å². The minimum Gasteiger partial charge on any atom is -0.366 e. The highest BCUT2D eigenvalue weighted by Crippen LogP contribution is 2.13. The number of hydrogen-bond acceptors (Lipinski definition) is 3. The third kappa shape index (κ3) is 1.87. The summed E-state index contributed by atoms with van der Waals surface area (Å²) in [5.41, 5.74) is 6.05. The fourth-order valence-corrected chi connectivity index (χ4v) is 0.881. The molecular weight excluding hydrogens is 178 g/mol. The first-order chi connectivity index (χ1) is 5.61. The summed E-state index contributed by atoms with van der Waals surface area (Å²) in [4.78, 5) is 10.6. The molecule has 4 N–H and O–H groups in total. The van der Waals surface area contributed by atoms with Gasteiger partial charge in [0.1, 0.15) is 0 Å². The lowest BCUT2D eigenvalue weighted by molar-refractivity contribution is 0.100. The molecule has 0 aliphatic carbocycles. The van der Waals surface area contributed by atoms with Crippen LogP contribution in [-0.2, 0) is 0 Å². The first-order valence-electron chi connectivity index (χ1n) is 3.22. The van der Waals surface area contributed by atoms with Gasteiger partial charge in [-0.25, -0.2) is 10.4 Å². The summed E-state index contributed by atoms with van der Waals surface area (Å²) >= 11 is 5.43. The van der Waals surface area contributed by atoms with Gasteiger partial charge in [0.15, 0.2) is 0 Å². The van der Waals surface area contributed by atoms with E-state index in [1.807, 2.05) is 0 Å². The number of primary amides is 1. The van der Waals surface area contributed by atoms with Crippen molar-refractivity contribution in [3.8, 4) is 0 Å². The monoisotopic (exact) mass is 185 g/mol. The molecule has 64 valence electrons. The van der Waals surface area contributed by atoms with Crippen molar-refractivity contribution in [3.63, 3.8) is 0 Å². The van der Waals surface area contributed by atoms with Crippen LogP contribution in [0.25, 0.3) is 0 Å². The van der Waals surface area contributed by atoms with Crippen LogP contribution in [0.3, 0.4) is 0 Å². The molecule has 0 heterocycles. The third-order valence-electron chi connectivity index (χ3n) is 1.40. The molecule has 1 aromatic rings. The number of hydrogen-bond donors (Lipinski definition) is 2. The topological polar surface area (TPSA) is 72.4 Å².